The Kier molecular flexibility index (Phi) is 7.91. The highest BCUT2D eigenvalue weighted by molar-refractivity contribution is 7.92. The zero-order valence-electron chi connectivity index (χ0n) is 19.9. The standard InChI is InChI=1S/C26H27ClN2O6S/c1-3-33-22-9-7-21(8-10-22)29(36(31,32)23-11-5-20(27)6-12-23)17-26(30)28-18(2)19-4-13-24-25(16-19)35-15-14-34-24/h4-13,16,18H,3,14-15,17H2,1-2H3,(H,28,30). The van der Waals surface area contributed by atoms with Crippen LogP contribution in [0.4, 0.5) is 5.69 Å². The first kappa shape index (κ1) is 25.7. The number of sulfonamides is 1. The van der Waals surface area contributed by atoms with E-state index in [0.717, 1.165) is 9.87 Å². The van der Waals surface area contributed by atoms with Gasteiger partial charge in [-0.15, -0.1) is 0 Å². The lowest BCUT2D eigenvalue weighted by Crippen LogP contribution is -2.41. The molecule has 1 heterocycles. The predicted molar refractivity (Wildman–Crippen MR) is 138 cm³/mol. The number of hydrogen-bond acceptors (Lipinski definition) is 6. The SMILES string of the molecule is CCOc1ccc(N(CC(=O)NC(C)c2ccc3c(c2)OCCO3)S(=O)(=O)c2ccc(Cl)cc2)cc1. The lowest BCUT2D eigenvalue weighted by atomic mass is 10.1. The van der Waals surface area contributed by atoms with Crippen LogP contribution in [0, 0.1) is 0 Å². The van der Waals surface area contributed by atoms with Gasteiger partial charge >= 0.3 is 0 Å². The second-order valence-electron chi connectivity index (χ2n) is 8.08. The van der Waals surface area contributed by atoms with E-state index in [1.807, 2.05) is 26.0 Å². The molecule has 36 heavy (non-hydrogen) atoms. The van der Waals surface area contributed by atoms with Crippen molar-refractivity contribution in [2.75, 3.05) is 30.7 Å². The van der Waals surface area contributed by atoms with E-state index in [1.165, 1.54) is 24.3 Å². The Labute approximate surface area is 215 Å². The maximum atomic E-state index is 13.5. The molecule has 1 unspecified atom stereocenters. The first-order chi connectivity index (χ1) is 17.3. The van der Waals surface area contributed by atoms with Crippen LogP contribution in [-0.2, 0) is 14.8 Å². The van der Waals surface area contributed by atoms with Crippen molar-refractivity contribution in [3.63, 3.8) is 0 Å². The summed E-state index contributed by atoms with van der Waals surface area (Å²) in [6.07, 6.45) is 0. The number of anilines is 1. The molecule has 3 aromatic rings. The molecule has 1 aliphatic rings. The van der Waals surface area contributed by atoms with Gasteiger partial charge in [0.15, 0.2) is 11.5 Å². The third-order valence-electron chi connectivity index (χ3n) is 5.57. The van der Waals surface area contributed by atoms with Crippen LogP contribution in [-0.4, -0.2) is 40.7 Å². The minimum atomic E-state index is -4.07. The number of halogens is 1. The first-order valence-corrected chi connectivity index (χ1v) is 13.3. The molecule has 4 rings (SSSR count). The van der Waals surface area contributed by atoms with Gasteiger partial charge in [0.05, 0.1) is 23.2 Å². The van der Waals surface area contributed by atoms with Gasteiger partial charge in [0.2, 0.25) is 5.91 Å². The second-order valence-corrected chi connectivity index (χ2v) is 10.4. The van der Waals surface area contributed by atoms with Gasteiger partial charge in [0.25, 0.3) is 10.0 Å². The van der Waals surface area contributed by atoms with Crippen LogP contribution in [0.1, 0.15) is 25.5 Å². The molecule has 0 saturated carbocycles. The number of carbonyl (C=O) groups excluding carboxylic acids is 1. The Hall–Kier alpha value is -3.43. The van der Waals surface area contributed by atoms with Crippen molar-refractivity contribution in [2.24, 2.45) is 0 Å². The van der Waals surface area contributed by atoms with Crippen LogP contribution >= 0.6 is 11.6 Å². The Bertz CT molecular complexity index is 1310. The van der Waals surface area contributed by atoms with Gasteiger partial charge in [-0.05, 0) is 80.1 Å². The molecular formula is C26H27ClN2O6S. The van der Waals surface area contributed by atoms with E-state index in [2.05, 4.69) is 5.32 Å². The van der Waals surface area contributed by atoms with Crippen molar-refractivity contribution in [1.82, 2.24) is 5.32 Å². The summed E-state index contributed by atoms with van der Waals surface area (Å²) in [5.41, 5.74) is 1.14. The predicted octanol–water partition coefficient (Wildman–Crippen LogP) is 4.58. The average molecular weight is 531 g/mol. The lowest BCUT2D eigenvalue weighted by molar-refractivity contribution is -0.120. The highest BCUT2D eigenvalue weighted by Gasteiger charge is 2.28. The van der Waals surface area contributed by atoms with E-state index >= 15 is 0 Å². The number of rotatable bonds is 9. The number of nitrogens with one attached hydrogen (secondary N) is 1. The topological polar surface area (TPSA) is 94.2 Å². The van der Waals surface area contributed by atoms with Gasteiger partial charge in [-0.2, -0.15) is 0 Å². The molecular weight excluding hydrogens is 504 g/mol. The van der Waals surface area contributed by atoms with Crippen molar-refractivity contribution in [3.8, 4) is 17.2 Å². The molecule has 0 saturated heterocycles. The monoisotopic (exact) mass is 530 g/mol. The summed E-state index contributed by atoms with van der Waals surface area (Å²) in [5, 5.41) is 3.29. The number of nitrogens with zero attached hydrogens (tertiary/aromatic N) is 1. The van der Waals surface area contributed by atoms with Crippen molar-refractivity contribution in [3.05, 3.63) is 77.3 Å². The smallest absolute Gasteiger partial charge is 0.264 e. The Morgan fingerprint density at radius 3 is 2.36 bits per heavy atom. The molecule has 0 fully saturated rings. The van der Waals surface area contributed by atoms with Crippen LogP contribution in [0.3, 0.4) is 0 Å². The van der Waals surface area contributed by atoms with Gasteiger partial charge in [-0.1, -0.05) is 17.7 Å². The molecule has 1 aliphatic heterocycles. The van der Waals surface area contributed by atoms with E-state index in [1.54, 1.807) is 30.3 Å². The summed E-state index contributed by atoms with van der Waals surface area (Å²) in [6, 6.07) is 17.4. The van der Waals surface area contributed by atoms with Crippen molar-refractivity contribution in [1.29, 1.82) is 0 Å². The molecule has 0 radical (unpaired) electrons. The average Bonchev–Trinajstić information content (AvgIpc) is 2.88. The molecule has 1 atom stereocenters. The summed E-state index contributed by atoms with van der Waals surface area (Å²) in [6.45, 7) is 4.68. The Morgan fingerprint density at radius 1 is 1.03 bits per heavy atom. The van der Waals surface area contributed by atoms with Gasteiger partial charge in [-0.3, -0.25) is 9.10 Å². The van der Waals surface area contributed by atoms with Crippen LogP contribution in [0.25, 0.3) is 0 Å². The van der Waals surface area contributed by atoms with Crippen LogP contribution < -0.4 is 23.8 Å². The number of benzene rings is 3. The third kappa shape index (κ3) is 5.85. The lowest BCUT2D eigenvalue weighted by Gasteiger charge is -2.26. The second kappa shape index (κ2) is 11.1. The van der Waals surface area contributed by atoms with Gasteiger partial charge in [0.1, 0.15) is 25.5 Å². The van der Waals surface area contributed by atoms with Crippen LogP contribution in [0.5, 0.6) is 17.2 Å². The van der Waals surface area contributed by atoms with Gasteiger partial charge in [0, 0.05) is 5.02 Å². The molecule has 1 amide bonds. The summed E-state index contributed by atoms with van der Waals surface area (Å²) in [5.74, 6) is 1.39. The minimum absolute atomic E-state index is 0.0217. The van der Waals surface area contributed by atoms with E-state index in [0.29, 0.717) is 47.8 Å². The largest absolute Gasteiger partial charge is 0.494 e. The zero-order valence-corrected chi connectivity index (χ0v) is 21.5. The van der Waals surface area contributed by atoms with Crippen LogP contribution in [0.2, 0.25) is 5.02 Å². The Morgan fingerprint density at radius 2 is 1.69 bits per heavy atom. The summed E-state index contributed by atoms with van der Waals surface area (Å²) in [4.78, 5) is 13.1. The van der Waals surface area contributed by atoms with Gasteiger partial charge in [-0.25, -0.2) is 8.42 Å². The number of carbonyl (C=O) groups is 1. The number of amides is 1. The zero-order chi connectivity index (χ0) is 25.7. The summed E-state index contributed by atoms with van der Waals surface area (Å²) in [7, 11) is -4.07. The van der Waals surface area contributed by atoms with Crippen molar-refractivity contribution in [2.45, 2.75) is 24.8 Å². The van der Waals surface area contributed by atoms with Gasteiger partial charge < -0.3 is 19.5 Å². The summed E-state index contributed by atoms with van der Waals surface area (Å²) < 4.78 is 44.8. The molecule has 190 valence electrons. The maximum Gasteiger partial charge on any atom is 0.264 e. The fourth-order valence-electron chi connectivity index (χ4n) is 3.75. The molecule has 0 aromatic heterocycles. The number of hydrogen-bond donors (Lipinski definition) is 1. The molecule has 10 heteroatoms. The third-order valence-corrected chi connectivity index (χ3v) is 7.61. The highest BCUT2D eigenvalue weighted by Crippen LogP contribution is 2.33. The van der Waals surface area contributed by atoms with Crippen LogP contribution in [0.15, 0.2) is 71.6 Å². The fraction of sp³-hybridized carbons (Fsp3) is 0.269. The molecule has 0 bridgehead atoms. The van der Waals surface area contributed by atoms with E-state index in [4.69, 9.17) is 25.8 Å². The highest BCUT2D eigenvalue weighted by atomic mass is 35.5. The molecule has 0 aliphatic carbocycles. The van der Waals surface area contributed by atoms with E-state index in [9.17, 15) is 13.2 Å². The number of fused-ring (bicyclic) bond motifs is 1. The van der Waals surface area contributed by atoms with E-state index < -0.39 is 28.5 Å². The number of ether oxygens (including phenoxy) is 3. The van der Waals surface area contributed by atoms with Crippen molar-refractivity contribution >= 4 is 33.2 Å². The molecule has 8 nitrogen and oxygen atoms in total. The molecule has 3 aromatic carbocycles. The fourth-order valence-corrected chi connectivity index (χ4v) is 5.30. The molecule has 0 spiro atoms. The quantitative estimate of drug-likeness (QED) is 0.435. The maximum absolute atomic E-state index is 13.5. The summed E-state index contributed by atoms with van der Waals surface area (Å²) >= 11 is 5.95. The normalized spacial score (nSPS) is 13.5. The van der Waals surface area contributed by atoms with E-state index in [-0.39, 0.29) is 4.90 Å². The first-order valence-electron chi connectivity index (χ1n) is 11.5. The van der Waals surface area contributed by atoms with Crippen molar-refractivity contribution < 1.29 is 27.4 Å². The minimum Gasteiger partial charge on any atom is -0.494 e. The molecule has 1 N–H and O–H groups in total. The Balaban J connectivity index is 1.57.